The first-order chi connectivity index (χ1) is 14.6. The monoisotopic (exact) mass is 426 g/mol. The highest BCUT2D eigenvalue weighted by Gasteiger charge is 2.34. The predicted octanol–water partition coefficient (Wildman–Crippen LogP) is 5.63. The van der Waals surface area contributed by atoms with E-state index in [1.807, 2.05) is 53.4 Å². The molecule has 1 aliphatic rings. The number of hydrogen-bond donors (Lipinski definition) is 1. The molecule has 0 aliphatic carbocycles. The quantitative estimate of drug-likeness (QED) is 0.565. The molecule has 0 aromatic heterocycles. The molecule has 0 bridgehead atoms. The van der Waals surface area contributed by atoms with Gasteiger partial charge in [0, 0.05) is 23.4 Å². The van der Waals surface area contributed by atoms with Crippen LogP contribution in [0.1, 0.15) is 50.5 Å². The number of amides is 2. The van der Waals surface area contributed by atoms with E-state index in [0.29, 0.717) is 5.75 Å². The van der Waals surface area contributed by atoms with Crippen LogP contribution in [0.5, 0.6) is 5.75 Å². The number of anilines is 2. The van der Waals surface area contributed by atoms with Crippen molar-refractivity contribution in [3.05, 3.63) is 54.1 Å². The number of carbonyl (C=O) groups excluding carboxylic acids is 2. The van der Waals surface area contributed by atoms with Crippen LogP contribution in [0.2, 0.25) is 0 Å². The average Bonchev–Trinajstić information content (AvgIpc) is 3.16. The average molecular weight is 427 g/mol. The van der Waals surface area contributed by atoms with Crippen molar-refractivity contribution in [3.63, 3.8) is 0 Å². The van der Waals surface area contributed by atoms with Crippen LogP contribution in [0, 0.1) is 5.92 Å². The Kier molecular flexibility index (Phi) is 7.80. The zero-order valence-corrected chi connectivity index (χ0v) is 18.7. The summed E-state index contributed by atoms with van der Waals surface area (Å²) in [4.78, 5) is 27.1. The summed E-state index contributed by atoms with van der Waals surface area (Å²) in [6.07, 6.45) is 3.89. The van der Waals surface area contributed by atoms with Crippen LogP contribution in [0.15, 0.2) is 48.5 Å². The Balaban J connectivity index is 1.80. The summed E-state index contributed by atoms with van der Waals surface area (Å²) in [5, 5.41) is 2.94. The zero-order valence-electron chi connectivity index (χ0n) is 17.9. The number of rotatable bonds is 9. The predicted molar refractivity (Wildman–Crippen MR) is 124 cm³/mol. The summed E-state index contributed by atoms with van der Waals surface area (Å²) in [5.41, 5.74) is 2.58. The smallest absolute Gasteiger partial charge is 0.238 e. The molecule has 5 nitrogen and oxygen atoms in total. The highest BCUT2D eigenvalue weighted by Crippen LogP contribution is 2.42. The maximum Gasteiger partial charge on any atom is 0.238 e. The number of thioether (sulfide) groups is 1. The number of unbranched alkanes of at least 4 members (excludes halogenated alkanes) is 1. The number of nitrogens with one attached hydrogen (secondary N) is 1. The van der Waals surface area contributed by atoms with Crippen molar-refractivity contribution in [3.8, 4) is 5.75 Å². The lowest BCUT2D eigenvalue weighted by Gasteiger charge is -2.25. The molecular weight excluding hydrogens is 396 g/mol. The van der Waals surface area contributed by atoms with Gasteiger partial charge in [0.15, 0.2) is 0 Å². The Morgan fingerprint density at radius 2 is 2.03 bits per heavy atom. The van der Waals surface area contributed by atoms with Gasteiger partial charge in [0.2, 0.25) is 11.8 Å². The molecule has 2 amide bonds. The van der Waals surface area contributed by atoms with E-state index in [4.69, 9.17) is 4.74 Å². The lowest BCUT2D eigenvalue weighted by atomic mass is 9.98. The Hall–Kier alpha value is -2.47. The Morgan fingerprint density at radius 1 is 1.23 bits per heavy atom. The van der Waals surface area contributed by atoms with Crippen LogP contribution < -0.4 is 15.0 Å². The third kappa shape index (κ3) is 5.17. The van der Waals surface area contributed by atoms with E-state index < -0.39 is 0 Å². The van der Waals surface area contributed by atoms with Crippen LogP contribution in [-0.2, 0) is 9.59 Å². The summed E-state index contributed by atoms with van der Waals surface area (Å²) >= 11 is 1.59. The third-order valence-electron chi connectivity index (χ3n) is 5.41. The molecule has 6 heteroatoms. The van der Waals surface area contributed by atoms with Gasteiger partial charge in [-0.15, -0.1) is 11.8 Å². The van der Waals surface area contributed by atoms with Crippen molar-refractivity contribution in [2.24, 2.45) is 5.92 Å². The first kappa shape index (κ1) is 22.2. The number of ether oxygens (including phenoxy) is 1. The van der Waals surface area contributed by atoms with Gasteiger partial charge < -0.3 is 10.1 Å². The van der Waals surface area contributed by atoms with E-state index in [9.17, 15) is 9.59 Å². The van der Waals surface area contributed by atoms with Crippen LogP contribution in [0.4, 0.5) is 11.4 Å². The minimum Gasteiger partial charge on any atom is -0.497 e. The molecule has 1 N–H and O–H groups in total. The fourth-order valence-electron chi connectivity index (χ4n) is 3.70. The number of methoxy groups -OCH3 is 1. The molecule has 3 rings (SSSR count). The van der Waals surface area contributed by atoms with Crippen molar-refractivity contribution in [1.82, 2.24) is 0 Å². The molecule has 2 atom stereocenters. The normalized spacial score (nSPS) is 17.1. The second-order valence-corrected chi connectivity index (χ2v) is 8.56. The van der Waals surface area contributed by atoms with Gasteiger partial charge in [-0.05, 0) is 42.7 Å². The molecule has 0 spiro atoms. The molecule has 1 fully saturated rings. The molecule has 0 radical (unpaired) electrons. The highest BCUT2D eigenvalue weighted by molar-refractivity contribution is 8.00. The minimum absolute atomic E-state index is 0.0318. The maximum absolute atomic E-state index is 12.7. The van der Waals surface area contributed by atoms with Crippen molar-refractivity contribution in [2.75, 3.05) is 23.1 Å². The largest absolute Gasteiger partial charge is 0.497 e. The molecule has 2 aromatic carbocycles. The maximum atomic E-state index is 12.7. The number of nitrogens with zero attached hydrogens (tertiary/aromatic N) is 1. The van der Waals surface area contributed by atoms with Gasteiger partial charge in [0.1, 0.15) is 11.1 Å². The Bertz CT molecular complexity index is 886. The Morgan fingerprint density at radius 3 is 2.77 bits per heavy atom. The molecule has 30 heavy (non-hydrogen) atoms. The van der Waals surface area contributed by atoms with Crippen molar-refractivity contribution in [1.29, 1.82) is 0 Å². The van der Waals surface area contributed by atoms with Gasteiger partial charge in [-0.25, -0.2) is 0 Å². The topological polar surface area (TPSA) is 58.6 Å². The van der Waals surface area contributed by atoms with Gasteiger partial charge in [-0.3, -0.25) is 14.5 Å². The SMILES string of the molecule is CCCC[C@@H](CC)C(=O)Nc1cccc([C@H]2SCC(=O)N2c2cccc(OC)c2)c1. The summed E-state index contributed by atoms with van der Waals surface area (Å²) in [5.74, 6) is 1.31. The minimum atomic E-state index is -0.136. The lowest BCUT2D eigenvalue weighted by molar-refractivity contribution is -0.120. The van der Waals surface area contributed by atoms with E-state index in [-0.39, 0.29) is 23.1 Å². The molecule has 1 heterocycles. The highest BCUT2D eigenvalue weighted by atomic mass is 32.2. The molecule has 2 aromatic rings. The molecule has 1 aliphatic heterocycles. The molecule has 0 saturated carbocycles. The van der Waals surface area contributed by atoms with Crippen molar-refractivity contribution < 1.29 is 14.3 Å². The van der Waals surface area contributed by atoms with Crippen LogP contribution in [0.25, 0.3) is 0 Å². The lowest BCUT2D eigenvalue weighted by Crippen LogP contribution is -2.28. The van der Waals surface area contributed by atoms with Gasteiger partial charge in [0.25, 0.3) is 0 Å². The van der Waals surface area contributed by atoms with Crippen molar-refractivity contribution in [2.45, 2.75) is 44.9 Å². The van der Waals surface area contributed by atoms with E-state index in [0.717, 1.165) is 48.4 Å². The van der Waals surface area contributed by atoms with Gasteiger partial charge >= 0.3 is 0 Å². The first-order valence-corrected chi connectivity index (χ1v) is 11.6. The van der Waals surface area contributed by atoms with Crippen LogP contribution >= 0.6 is 11.8 Å². The van der Waals surface area contributed by atoms with E-state index in [2.05, 4.69) is 19.2 Å². The number of benzene rings is 2. The van der Waals surface area contributed by atoms with E-state index in [1.54, 1.807) is 18.9 Å². The summed E-state index contributed by atoms with van der Waals surface area (Å²) in [6.45, 7) is 4.20. The zero-order chi connectivity index (χ0) is 21.5. The standard InChI is InChI=1S/C24H30N2O3S/c1-4-6-9-17(5-2)23(28)25-19-11-7-10-18(14-19)24-26(22(27)16-30-24)20-12-8-13-21(15-20)29-3/h7-8,10-15,17,24H,4-6,9,16H2,1-3H3,(H,25,28)/t17-,24-/m1/s1. The second kappa shape index (κ2) is 10.5. The molecule has 0 unspecified atom stereocenters. The second-order valence-electron chi connectivity index (χ2n) is 7.49. The first-order valence-electron chi connectivity index (χ1n) is 10.6. The number of hydrogen-bond acceptors (Lipinski definition) is 4. The fourth-order valence-corrected chi connectivity index (χ4v) is 4.86. The summed E-state index contributed by atoms with van der Waals surface area (Å²) in [7, 11) is 1.62. The third-order valence-corrected chi connectivity index (χ3v) is 6.62. The molecule has 160 valence electrons. The summed E-state index contributed by atoms with van der Waals surface area (Å²) in [6, 6.07) is 15.4. The molecular formula is C24H30N2O3S. The summed E-state index contributed by atoms with van der Waals surface area (Å²) < 4.78 is 5.32. The van der Waals surface area contributed by atoms with Crippen LogP contribution in [0.3, 0.4) is 0 Å². The Labute approximate surface area is 183 Å². The van der Waals surface area contributed by atoms with E-state index >= 15 is 0 Å². The molecule has 1 saturated heterocycles. The fraction of sp³-hybridized carbons (Fsp3) is 0.417. The van der Waals surface area contributed by atoms with Crippen molar-refractivity contribution >= 4 is 35.0 Å². The van der Waals surface area contributed by atoms with Crippen LogP contribution in [-0.4, -0.2) is 24.7 Å². The van der Waals surface area contributed by atoms with Gasteiger partial charge in [0.05, 0.1) is 12.9 Å². The van der Waals surface area contributed by atoms with E-state index in [1.165, 1.54) is 0 Å². The van der Waals surface area contributed by atoms with Gasteiger partial charge in [-0.1, -0.05) is 44.9 Å². The van der Waals surface area contributed by atoms with Gasteiger partial charge in [-0.2, -0.15) is 0 Å². The number of carbonyl (C=O) groups is 2.